The van der Waals surface area contributed by atoms with Gasteiger partial charge in [0.15, 0.2) is 0 Å². The van der Waals surface area contributed by atoms with Gasteiger partial charge in [-0.25, -0.2) is 4.39 Å². The van der Waals surface area contributed by atoms with Gasteiger partial charge in [0.05, 0.1) is 6.54 Å². The average Bonchev–Trinajstić information content (AvgIpc) is 2.13. The third-order valence-electron chi connectivity index (χ3n) is 2.88. The van der Waals surface area contributed by atoms with E-state index in [0.29, 0.717) is 18.3 Å². The standard InChI is InChI=1S/C12H16FN3O.ClH/c1-16(11-6-14-7-11)8-12(17)15-10-4-2-3-9(13)5-10;/h2-5,11,14H,6-8H2,1H3,(H,15,17);1H. The molecular formula is C12H17ClFN3O. The van der Waals surface area contributed by atoms with Gasteiger partial charge in [0.2, 0.25) is 5.91 Å². The number of likely N-dealkylation sites (N-methyl/N-ethyl adjacent to an activating group) is 1. The third kappa shape index (κ3) is 3.94. The van der Waals surface area contributed by atoms with Crippen molar-refractivity contribution >= 4 is 24.0 Å². The van der Waals surface area contributed by atoms with Crippen molar-refractivity contribution in [3.63, 3.8) is 0 Å². The number of carbonyl (C=O) groups is 1. The minimum Gasteiger partial charge on any atom is -0.325 e. The highest BCUT2D eigenvalue weighted by Gasteiger charge is 2.22. The highest BCUT2D eigenvalue weighted by molar-refractivity contribution is 5.92. The summed E-state index contributed by atoms with van der Waals surface area (Å²) in [7, 11) is 1.91. The number of halogens is 2. The summed E-state index contributed by atoms with van der Waals surface area (Å²) in [6, 6.07) is 6.33. The first-order chi connectivity index (χ1) is 8.15. The number of nitrogens with one attached hydrogen (secondary N) is 2. The Balaban J connectivity index is 0.00000162. The maximum atomic E-state index is 12.9. The van der Waals surface area contributed by atoms with E-state index in [9.17, 15) is 9.18 Å². The lowest BCUT2D eigenvalue weighted by molar-refractivity contribution is -0.117. The zero-order chi connectivity index (χ0) is 12.3. The predicted octanol–water partition coefficient (Wildman–Crippen LogP) is 1.09. The summed E-state index contributed by atoms with van der Waals surface area (Å²) < 4.78 is 12.9. The zero-order valence-electron chi connectivity index (χ0n) is 10.1. The summed E-state index contributed by atoms with van der Waals surface area (Å²) in [6.45, 7) is 2.16. The Morgan fingerprint density at radius 3 is 2.83 bits per heavy atom. The van der Waals surface area contributed by atoms with Crippen LogP contribution in [0.25, 0.3) is 0 Å². The molecule has 18 heavy (non-hydrogen) atoms. The highest BCUT2D eigenvalue weighted by atomic mass is 35.5. The van der Waals surface area contributed by atoms with Crippen LogP contribution in [0.15, 0.2) is 24.3 Å². The molecule has 4 nitrogen and oxygen atoms in total. The monoisotopic (exact) mass is 273 g/mol. The molecule has 6 heteroatoms. The Bertz CT molecular complexity index is 412. The summed E-state index contributed by atoms with van der Waals surface area (Å²) in [5.41, 5.74) is 0.495. The first-order valence-electron chi connectivity index (χ1n) is 5.61. The van der Waals surface area contributed by atoms with Gasteiger partial charge in [0.25, 0.3) is 0 Å². The largest absolute Gasteiger partial charge is 0.325 e. The van der Waals surface area contributed by atoms with Crippen LogP contribution in [0.1, 0.15) is 0 Å². The molecule has 0 bridgehead atoms. The van der Waals surface area contributed by atoms with Gasteiger partial charge in [-0.05, 0) is 25.2 Å². The number of carbonyl (C=O) groups excluding carboxylic acids is 1. The molecule has 0 unspecified atom stereocenters. The summed E-state index contributed by atoms with van der Waals surface area (Å²) in [4.78, 5) is 13.7. The fourth-order valence-electron chi connectivity index (χ4n) is 1.71. The number of hydrogen-bond acceptors (Lipinski definition) is 3. The molecule has 2 rings (SSSR count). The molecule has 1 aromatic rings. The van der Waals surface area contributed by atoms with E-state index in [1.165, 1.54) is 12.1 Å². The van der Waals surface area contributed by atoms with Crippen molar-refractivity contribution in [3.05, 3.63) is 30.1 Å². The van der Waals surface area contributed by atoms with Gasteiger partial charge >= 0.3 is 0 Å². The third-order valence-corrected chi connectivity index (χ3v) is 2.88. The van der Waals surface area contributed by atoms with E-state index in [4.69, 9.17) is 0 Å². The smallest absolute Gasteiger partial charge is 0.238 e. The SMILES string of the molecule is CN(CC(=O)Nc1cccc(F)c1)C1CNC1.Cl. The van der Waals surface area contributed by atoms with Gasteiger partial charge in [0.1, 0.15) is 5.82 Å². The summed E-state index contributed by atoms with van der Waals surface area (Å²) in [5, 5.41) is 5.83. The van der Waals surface area contributed by atoms with Crippen molar-refractivity contribution in [2.45, 2.75) is 6.04 Å². The van der Waals surface area contributed by atoms with Crippen LogP contribution < -0.4 is 10.6 Å². The van der Waals surface area contributed by atoms with Gasteiger partial charge in [-0.15, -0.1) is 12.4 Å². The maximum Gasteiger partial charge on any atom is 0.238 e. The molecule has 1 fully saturated rings. The van der Waals surface area contributed by atoms with E-state index in [0.717, 1.165) is 13.1 Å². The van der Waals surface area contributed by atoms with E-state index >= 15 is 0 Å². The molecule has 100 valence electrons. The fraction of sp³-hybridized carbons (Fsp3) is 0.417. The van der Waals surface area contributed by atoms with E-state index in [2.05, 4.69) is 10.6 Å². The van der Waals surface area contributed by atoms with Crippen molar-refractivity contribution in [3.8, 4) is 0 Å². The normalized spacial score (nSPS) is 14.8. The van der Waals surface area contributed by atoms with E-state index in [1.54, 1.807) is 12.1 Å². The lowest BCUT2D eigenvalue weighted by Crippen LogP contribution is -2.57. The van der Waals surface area contributed by atoms with Crippen LogP contribution in [-0.2, 0) is 4.79 Å². The first kappa shape index (κ1) is 14.9. The van der Waals surface area contributed by atoms with Crippen LogP contribution in [0, 0.1) is 5.82 Å². The second-order valence-corrected chi connectivity index (χ2v) is 4.29. The summed E-state index contributed by atoms with van der Waals surface area (Å²) in [5.74, 6) is -0.468. The van der Waals surface area contributed by atoms with Crippen LogP contribution in [-0.4, -0.2) is 43.5 Å². The second-order valence-electron chi connectivity index (χ2n) is 4.29. The number of anilines is 1. The molecule has 0 aromatic heterocycles. The van der Waals surface area contributed by atoms with E-state index < -0.39 is 0 Å². The molecule has 0 aliphatic carbocycles. The number of amides is 1. The molecule has 0 saturated carbocycles. The zero-order valence-corrected chi connectivity index (χ0v) is 11.0. The molecule has 1 amide bonds. The Kier molecular flexibility index (Phi) is 5.53. The van der Waals surface area contributed by atoms with Gasteiger partial charge in [-0.3, -0.25) is 9.69 Å². The lowest BCUT2D eigenvalue weighted by atomic mass is 10.1. The molecule has 0 radical (unpaired) electrons. The molecule has 1 aliphatic rings. The van der Waals surface area contributed by atoms with Crippen LogP contribution in [0.4, 0.5) is 10.1 Å². The quantitative estimate of drug-likeness (QED) is 0.863. The lowest BCUT2D eigenvalue weighted by Gasteiger charge is -2.35. The molecule has 0 spiro atoms. The first-order valence-corrected chi connectivity index (χ1v) is 5.61. The topological polar surface area (TPSA) is 44.4 Å². The van der Waals surface area contributed by atoms with E-state index in [1.807, 2.05) is 11.9 Å². The number of rotatable bonds is 4. The molecule has 1 aromatic carbocycles. The fourth-order valence-corrected chi connectivity index (χ4v) is 1.71. The number of benzene rings is 1. The minimum atomic E-state index is -0.348. The summed E-state index contributed by atoms with van der Waals surface area (Å²) >= 11 is 0. The Hall–Kier alpha value is -1.17. The second kappa shape index (κ2) is 6.68. The molecule has 0 atom stereocenters. The molecule has 1 saturated heterocycles. The van der Waals surface area contributed by atoms with Crippen molar-refractivity contribution in [2.24, 2.45) is 0 Å². The number of hydrogen-bond donors (Lipinski definition) is 2. The van der Waals surface area contributed by atoms with Crippen molar-refractivity contribution in [1.29, 1.82) is 0 Å². The van der Waals surface area contributed by atoms with E-state index in [-0.39, 0.29) is 24.1 Å². The maximum absolute atomic E-state index is 12.9. The molecule has 1 heterocycles. The van der Waals surface area contributed by atoms with Crippen LogP contribution in [0.5, 0.6) is 0 Å². The van der Waals surface area contributed by atoms with Gasteiger partial charge in [-0.2, -0.15) is 0 Å². The summed E-state index contributed by atoms with van der Waals surface area (Å²) in [6.07, 6.45) is 0. The molecule has 2 N–H and O–H groups in total. The molecule has 1 aliphatic heterocycles. The van der Waals surface area contributed by atoms with Crippen LogP contribution in [0.2, 0.25) is 0 Å². The predicted molar refractivity (Wildman–Crippen MR) is 71.6 cm³/mol. The average molecular weight is 274 g/mol. The van der Waals surface area contributed by atoms with Crippen LogP contribution in [0.3, 0.4) is 0 Å². The van der Waals surface area contributed by atoms with Gasteiger partial charge in [0, 0.05) is 24.8 Å². The Labute approximate surface area is 112 Å². The highest BCUT2D eigenvalue weighted by Crippen LogP contribution is 2.09. The van der Waals surface area contributed by atoms with Crippen molar-refractivity contribution in [2.75, 3.05) is 32.0 Å². The van der Waals surface area contributed by atoms with Gasteiger partial charge in [-0.1, -0.05) is 6.07 Å². The number of nitrogens with zero attached hydrogens (tertiary/aromatic N) is 1. The Morgan fingerprint density at radius 2 is 2.28 bits per heavy atom. The molecular weight excluding hydrogens is 257 g/mol. The Morgan fingerprint density at radius 1 is 1.56 bits per heavy atom. The van der Waals surface area contributed by atoms with Crippen molar-refractivity contribution in [1.82, 2.24) is 10.2 Å². The van der Waals surface area contributed by atoms with Crippen LogP contribution >= 0.6 is 12.4 Å². The van der Waals surface area contributed by atoms with Gasteiger partial charge < -0.3 is 10.6 Å². The van der Waals surface area contributed by atoms with Crippen molar-refractivity contribution < 1.29 is 9.18 Å². The minimum absolute atomic E-state index is 0.